The third kappa shape index (κ3) is 4.50. The monoisotopic (exact) mass is 413 g/mol. The van der Waals surface area contributed by atoms with E-state index in [0.29, 0.717) is 5.69 Å². The van der Waals surface area contributed by atoms with Crippen LogP contribution >= 0.6 is 0 Å². The Labute approximate surface area is 167 Å². The zero-order valence-corrected chi connectivity index (χ0v) is 16.3. The molecular weight excluding hydrogens is 394 g/mol. The number of carbonyl (C=O) groups excluding carboxylic acids is 2. The Bertz CT molecular complexity index is 1190. The summed E-state index contributed by atoms with van der Waals surface area (Å²) < 4.78 is 24.9. The summed E-state index contributed by atoms with van der Waals surface area (Å²) in [6.45, 7) is 1.92. The molecule has 0 saturated carbocycles. The second-order valence-corrected chi connectivity index (χ2v) is 7.90. The predicted molar refractivity (Wildman–Crippen MR) is 106 cm³/mol. The fraction of sp³-hybridized carbons (Fsp3) is 0.105. The van der Waals surface area contributed by atoms with Crippen LogP contribution in [0, 0.1) is 6.92 Å². The van der Waals surface area contributed by atoms with E-state index < -0.39 is 21.8 Å². The maximum atomic E-state index is 12.9. The number of primary amides is 1. The molecule has 9 nitrogen and oxygen atoms in total. The standard InChI is InChI=1S/C19H19N5O4S/c1-12-9-16(18(20)25)23-24(12)17-8-7-14(29(21,27)28)10-15(17)19(26)22-11-13-5-3-2-4-6-13/h2-10H,11H2,1H3,(H2,20,25)(H,22,26)(H2,21,27,28). The van der Waals surface area contributed by atoms with Crippen molar-refractivity contribution in [1.82, 2.24) is 15.1 Å². The summed E-state index contributed by atoms with van der Waals surface area (Å²) >= 11 is 0. The number of nitrogens with one attached hydrogen (secondary N) is 1. The third-order valence-corrected chi connectivity index (χ3v) is 5.12. The minimum absolute atomic E-state index is 0.0219. The summed E-state index contributed by atoms with van der Waals surface area (Å²) in [5, 5.41) is 12.1. The lowest BCUT2D eigenvalue weighted by Crippen LogP contribution is -2.25. The van der Waals surface area contributed by atoms with Gasteiger partial charge in [0.2, 0.25) is 10.0 Å². The van der Waals surface area contributed by atoms with Crippen molar-refractivity contribution in [3.05, 3.63) is 77.1 Å². The van der Waals surface area contributed by atoms with Crippen LogP contribution in [0.2, 0.25) is 0 Å². The number of hydrogen-bond acceptors (Lipinski definition) is 5. The van der Waals surface area contributed by atoms with Gasteiger partial charge < -0.3 is 11.1 Å². The topological polar surface area (TPSA) is 150 Å². The predicted octanol–water partition coefficient (Wildman–Crippen LogP) is 0.857. The molecule has 0 spiro atoms. The second kappa shape index (κ2) is 7.86. The molecule has 0 aliphatic rings. The van der Waals surface area contributed by atoms with Crippen LogP contribution in [0.4, 0.5) is 0 Å². The lowest BCUT2D eigenvalue weighted by atomic mass is 10.1. The summed E-state index contributed by atoms with van der Waals surface area (Å²) in [4.78, 5) is 24.1. The number of sulfonamides is 1. The minimum Gasteiger partial charge on any atom is -0.364 e. The fourth-order valence-corrected chi connectivity index (χ4v) is 3.31. The molecule has 1 aromatic heterocycles. The number of nitrogens with zero attached hydrogens (tertiary/aromatic N) is 2. The summed E-state index contributed by atoms with van der Waals surface area (Å²) in [6.07, 6.45) is 0. The Hall–Kier alpha value is -3.50. The molecule has 0 bridgehead atoms. The van der Waals surface area contributed by atoms with Crippen LogP contribution in [0.15, 0.2) is 59.5 Å². The first-order valence-corrected chi connectivity index (χ1v) is 10.1. The van der Waals surface area contributed by atoms with Crippen molar-refractivity contribution < 1.29 is 18.0 Å². The van der Waals surface area contributed by atoms with Gasteiger partial charge in [-0.2, -0.15) is 5.10 Å². The van der Waals surface area contributed by atoms with Gasteiger partial charge in [0.1, 0.15) is 0 Å². The van der Waals surface area contributed by atoms with Gasteiger partial charge in [0.05, 0.1) is 16.1 Å². The van der Waals surface area contributed by atoms with Crippen LogP contribution in [0.5, 0.6) is 0 Å². The van der Waals surface area contributed by atoms with Crippen LogP contribution in [-0.4, -0.2) is 30.0 Å². The number of carbonyl (C=O) groups is 2. The average molecular weight is 413 g/mol. The molecule has 0 saturated heterocycles. The zero-order valence-electron chi connectivity index (χ0n) is 15.5. The van der Waals surface area contributed by atoms with E-state index in [4.69, 9.17) is 10.9 Å². The quantitative estimate of drug-likeness (QED) is 0.547. The lowest BCUT2D eigenvalue weighted by Gasteiger charge is -2.13. The van der Waals surface area contributed by atoms with Gasteiger partial charge in [0, 0.05) is 12.2 Å². The maximum absolute atomic E-state index is 12.9. The van der Waals surface area contributed by atoms with Gasteiger partial charge in [-0.15, -0.1) is 0 Å². The number of hydrogen-bond donors (Lipinski definition) is 3. The molecule has 3 rings (SSSR count). The van der Waals surface area contributed by atoms with Gasteiger partial charge >= 0.3 is 0 Å². The molecule has 0 atom stereocenters. The highest BCUT2D eigenvalue weighted by atomic mass is 32.2. The van der Waals surface area contributed by atoms with E-state index >= 15 is 0 Å². The molecule has 0 aliphatic carbocycles. The summed E-state index contributed by atoms with van der Waals surface area (Å²) in [5.74, 6) is -1.24. The SMILES string of the molecule is Cc1cc(C(N)=O)nn1-c1ccc(S(N)(=O)=O)cc1C(=O)NCc1ccccc1. The molecule has 0 fully saturated rings. The number of nitrogens with two attached hydrogens (primary N) is 2. The van der Waals surface area contributed by atoms with Crippen molar-refractivity contribution in [3.63, 3.8) is 0 Å². The molecule has 0 radical (unpaired) electrons. The fourth-order valence-electron chi connectivity index (χ4n) is 2.77. The summed E-state index contributed by atoms with van der Waals surface area (Å²) in [6, 6.07) is 14.6. The van der Waals surface area contributed by atoms with E-state index in [9.17, 15) is 18.0 Å². The molecule has 2 amide bonds. The van der Waals surface area contributed by atoms with Crippen molar-refractivity contribution in [2.75, 3.05) is 0 Å². The number of amides is 2. The summed E-state index contributed by atoms with van der Waals surface area (Å²) in [5.41, 5.74) is 7.03. The highest BCUT2D eigenvalue weighted by Gasteiger charge is 2.20. The van der Waals surface area contributed by atoms with E-state index in [0.717, 1.165) is 5.56 Å². The van der Waals surface area contributed by atoms with E-state index in [2.05, 4.69) is 10.4 Å². The van der Waals surface area contributed by atoms with Crippen LogP contribution < -0.4 is 16.2 Å². The maximum Gasteiger partial charge on any atom is 0.269 e. The van der Waals surface area contributed by atoms with Crippen molar-refractivity contribution >= 4 is 21.8 Å². The molecule has 0 aliphatic heterocycles. The zero-order chi connectivity index (χ0) is 21.2. The molecule has 10 heteroatoms. The van der Waals surface area contributed by atoms with Gasteiger partial charge in [-0.1, -0.05) is 30.3 Å². The third-order valence-electron chi connectivity index (χ3n) is 4.21. The van der Waals surface area contributed by atoms with Gasteiger partial charge in [-0.3, -0.25) is 9.59 Å². The molecule has 3 aromatic rings. The number of aromatic nitrogens is 2. The average Bonchev–Trinajstić information content (AvgIpc) is 3.07. The molecule has 5 N–H and O–H groups in total. The smallest absolute Gasteiger partial charge is 0.269 e. The van der Waals surface area contributed by atoms with Crippen molar-refractivity contribution in [2.45, 2.75) is 18.4 Å². The van der Waals surface area contributed by atoms with Crippen LogP contribution in [-0.2, 0) is 16.6 Å². The molecule has 150 valence electrons. The van der Waals surface area contributed by atoms with Crippen molar-refractivity contribution in [3.8, 4) is 5.69 Å². The number of primary sulfonamides is 1. The Morgan fingerprint density at radius 2 is 1.79 bits per heavy atom. The first-order valence-electron chi connectivity index (χ1n) is 8.52. The van der Waals surface area contributed by atoms with Gasteiger partial charge in [0.15, 0.2) is 5.69 Å². The largest absolute Gasteiger partial charge is 0.364 e. The lowest BCUT2D eigenvalue weighted by molar-refractivity contribution is 0.0949. The number of aryl methyl sites for hydroxylation is 1. The van der Waals surface area contributed by atoms with E-state index in [1.54, 1.807) is 6.92 Å². The van der Waals surface area contributed by atoms with E-state index in [-0.39, 0.29) is 28.4 Å². The van der Waals surface area contributed by atoms with Crippen LogP contribution in [0.25, 0.3) is 5.69 Å². The van der Waals surface area contributed by atoms with Gasteiger partial charge in [-0.25, -0.2) is 18.2 Å². The van der Waals surface area contributed by atoms with Crippen LogP contribution in [0.1, 0.15) is 32.1 Å². The highest BCUT2D eigenvalue weighted by Crippen LogP contribution is 2.21. The Balaban J connectivity index is 2.04. The first-order chi connectivity index (χ1) is 13.7. The number of benzene rings is 2. The normalized spacial score (nSPS) is 11.2. The Morgan fingerprint density at radius 1 is 1.10 bits per heavy atom. The molecular formula is C19H19N5O4S. The van der Waals surface area contributed by atoms with E-state index in [1.165, 1.54) is 28.9 Å². The van der Waals surface area contributed by atoms with Gasteiger partial charge in [0.25, 0.3) is 11.8 Å². The molecule has 2 aromatic carbocycles. The molecule has 1 heterocycles. The van der Waals surface area contributed by atoms with Crippen molar-refractivity contribution in [2.24, 2.45) is 10.9 Å². The highest BCUT2D eigenvalue weighted by molar-refractivity contribution is 7.89. The molecule has 29 heavy (non-hydrogen) atoms. The number of rotatable bonds is 6. The van der Waals surface area contributed by atoms with Gasteiger partial charge in [-0.05, 0) is 36.8 Å². The minimum atomic E-state index is -4.03. The Morgan fingerprint density at radius 3 is 2.38 bits per heavy atom. The first kappa shape index (κ1) is 20.2. The molecule has 0 unspecified atom stereocenters. The second-order valence-electron chi connectivity index (χ2n) is 6.34. The van der Waals surface area contributed by atoms with E-state index in [1.807, 2.05) is 30.3 Å². The summed E-state index contributed by atoms with van der Waals surface area (Å²) in [7, 11) is -4.03. The van der Waals surface area contributed by atoms with Crippen LogP contribution in [0.3, 0.4) is 0 Å². The Kier molecular flexibility index (Phi) is 5.48. The van der Waals surface area contributed by atoms with Crippen molar-refractivity contribution in [1.29, 1.82) is 0 Å².